The lowest BCUT2D eigenvalue weighted by atomic mass is 10.0. The van der Waals surface area contributed by atoms with Gasteiger partial charge in [0.1, 0.15) is 0 Å². The van der Waals surface area contributed by atoms with Gasteiger partial charge >= 0.3 is 0 Å². The molecule has 0 aromatic heterocycles. The second-order valence-electron chi connectivity index (χ2n) is 4.99. The summed E-state index contributed by atoms with van der Waals surface area (Å²) in [5, 5.41) is 14.9. The third kappa shape index (κ3) is 3.28. The second-order valence-corrected chi connectivity index (χ2v) is 4.99. The molecule has 0 fully saturated rings. The first-order chi connectivity index (χ1) is 10.0. The third-order valence-electron chi connectivity index (χ3n) is 3.40. The van der Waals surface area contributed by atoms with E-state index in [0.717, 1.165) is 16.7 Å². The average molecular weight is 282 g/mol. The predicted octanol–water partition coefficient (Wildman–Crippen LogP) is 3.75. The van der Waals surface area contributed by atoms with Gasteiger partial charge in [-0.05, 0) is 44.0 Å². The van der Waals surface area contributed by atoms with E-state index in [1.54, 1.807) is 19.1 Å². The van der Waals surface area contributed by atoms with Crippen molar-refractivity contribution in [1.82, 2.24) is 0 Å². The molecule has 2 aromatic carbocycles. The molecule has 0 unspecified atom stereocenters. The number of carbonyl (C=O) groups excluding carboxylic acids is 1. The molecule has 2 aromatic rings. The van der Waals surface area contributed by atoms with Gasteiger partial charge in [0.15, 0.2) is 0 Å². The normalized spacial score (nSPS) is 11.3. The maximum atomic E-state index is 12.4. The van der Waals surface area contributed by atoms with Gasteiger partial charge < -0.3 is 10.5 Å². The van der Waals surface area contributed by atoms with Crippen LogP contribution in [-0.2, 0) is 0 Å². The summed E-state index contributed by atoms with van der Waals surface area (Å²) < 4.78 is 0. The molecule has 0 spiro atoms. The molecule has 0 heterocycles. The van der Waals surface area contributed by atoms with Gasteiger partial charge in [0.2, 0.25) is 0 Å². The second kappa shape index (κ2) is 6.22. The summed E-state index contributed by atoms with van der Waals surface area (Å²) >= 11 is 0. The van der Waals surface area contributed by atoms with Crippen molar-refractivity contribution in [3.8, 4) is 0 Å². The van der Waals surface area contributed by atoms with Crippen molar-refractivity contribution < 1.29 is 10.0 Å². The largest absolute Gasteiger partial charge is 0.411 e. The van der Waals surface area contributed by atoms with Gasteiger partial charge in [-0.1, -0.05) is 35.5 Å². The monoisotopic (exact) mass is 282 g/mol. The number of nitrogens with one attached hydrogen (secondary N) is 1. The van der Waals surface area contributed by atoms with E-state index in [1.165, 1.54) is 0 Å². The van der Waals surface area contributed by atoms with E-state index < -0.39 is 0 Å². The molecule has 2 N–H and O–H groups in total. The van der Waals surface area contributed by atoms with Crippen LogP contribution in [0.2, 0.25) is 0 Å². The van der Waals surface area contributed by atoms with Gasteiger partial charge in [-0.3, -0.25) is 4.79 Å². The third-order valence-corrected chi connectivity index (χ3v) is 3.40. The first-order valence-corrected chi connectivity index (χ1v) is 6.69. The van der Waals surface area contributed by atoms with E-state index in [2.05, 4.69) is 10.5 Å². The summed E-state index contributed by atoms with van der Waals surface area (Å²) in [6.45, 7) is 5.54. The van der Waals surface area contributed by atoms with Crippen LogP contribution in [0.3, 0.4) is 0 Å². The van der Waals surface area contributed by atoms with Crippen molar-refractivity contribution in [3.63, 3.8) is 0 Å². The molecule has 1 amide bonds. The van der Waals surface area contributed by atoms with Crippen LogP contribution in [0.1, 0.15) is 34.0 Å². The van der Waals surface area contributed by atoms with E-state index in [9.17, 15) is 4.79 Å². The lowest BCUT2D eigenvalue weighted by molar-refractivity contribution is 0.102. The molecule has 0 aliphatic rings. The van der Waals surface area contributed by atoms with Gasteiger partial charge in [0.05, 0.1) is 5.71 Å². The van der Waals surface area contributed by atoms with Crippen molar-refractivity contribution >= 4 is 17.3 Å². The number of carbonyl (C=O) groups is 1. The van der Waals surface area contributed by atoms with E-state index in [1.807, 2.05) is 44.2 Å². The number of amides is 1. The van der Waals surface area contributed by atoms with Crippen molar-refractivity contribution in [2.24, 2.45) is 5.16 Å². The molecule has 0 bridgehead atoms. The molecule has 0 atom stereocenters. The van der Waals surface area contributed by atoms with Crippen LogP contribution < -0.4 is 5.32 Å². The highest BCUT2D eigenvalue weighted by Gasteiger charge is 2.12. The molecule has 0 radical (unpaired) electrons. The van der Waals surface area contributed by atoms with Gasteiger partial charge in [-0.2, -0.15) is 0 Å². The van der Waals surface area contributed by atoms with Gasteiger partial charge in [-0.25, -0.2) is 0 Å². The Kier molecular flexibility index (Phi) is 4.38. The summed E-state index contributed by atoms with van der Waals surface area (Å²) in [5.74, 6) is -0.138. The Labute approximate surface area is 124 Å². The predicted molar refractivity (Wildman–Crippen MR) is 84.3 cm³/mol. The molecule has 4 heteroatoms. The smallest absolute Gasteiger partial charge is 0.256 e. The molecule has 2 rings (SSSR count). The molecule has 0 saturated heterocycles. The highest BCUT2D eigenvalue weighted by Crippen LogP contribution is 2.17. The number of oxime groups is 1. The maximum Gasteiger partial charge on any atom is 0.256 e. The van der Waals surface area contributed by atoms with Gasteiger partial charge in [0.25, 0.3) is 5.91 Å². The minimum Gasteiger partial charge on any atom is -0.411 e. The molecular weight excluding hydrogens is 264 g/mol. The van der Waals surface area contributed by atoms with Crippen LogP contribution in [0.4, 0.5) is 5.69 Å². The minimum absolute atomic E-state index is 0.138. The topological polar surface area (TPSA) is 61.7 Å². The molecule has 0 aliphatic carbocycles. The van der Waals surface area contributed by atoms with Gasteiger partial charge in [0, 0.05) is 16.8 Å². The van der Waals surface area contributed by atoms with Crippen LogP contribution in [-0.4, -0.2) is 16.8 Å². The molecule has 0 saturated carbocycles. The first kappa shape index (κ1) is 14.8. The van der Waals surface area contributed by atoms with E-state index >= 15 is 0 Å². The number of benzene rings is 2. The zero-order chi connectivity index (χ0) is 15.4. The Morgan fingerprint density at radius 2 is 1.71 bits per heavy atom. The Balaban J connectivity index is 2.28. The number of hydrogen-bond acceptors (Lipinski definition) is 3. The van der Waals surface area contributed by atoms with E-state index in [-0.39, 0.29) is 5.91 Å². The maximum absolute atomic E-state index is 12.4. The van der Waals surface area contributed by atoms with Crippen LogP contribution in [0.15, 0.2) is 47.6 Å². The van der Waals surface area contributed by atoms with E-state index in [0.29, 0.717) is 17.0 Å². The SMILES string of the molecule is C/C(=N/O)c1cccc(NC(=O)c2c(C)cccc2C)c1. The minimum atomic E-state index is -0.138. The molecule has 21 heavy (non-hydrogen) atoms. The summed E-state index contributed by atoms with van der Waals surface area (Å²) in [7, 11) is 0. The van der Waals surface area contributed by atoms with Crippen molar-refractivity contribution in [2.45, 2.75) is 20.8 Å². The van der Waals surface area contributed by atoms with Crippen LogP contribution >= 0.6 is 0 Å². The summed E-state index contributed by atoms with van der Waals surface area (Å²) in [6, 6.07) is 13.0. The highest BCUT2D eigenvalue weighted by atomic mass is 16.4. The number of nitrogens with zero attached hydrogens (tertiary/aromatic N) is 1. The summed E-state index contributed by atoms with van der Waals surface area (Å²) in [5.41, 5.74) is 4.50. The number of anilines is 1. The molecular formula is C17H18N2O2. The fraction of sp³-hybridized carbons (Fsp3) is 0.176. The Bertz CT molecular complexity index is 685. The van der Waals surface area contributed by atoms with Crippen molar-refractivity contribution in [1.29, 1.82) is 0 Å². The standard InChI is InChI=1S/C17H18N2O2/c1-11-6-4-7-12(2)16(11)17(20)18-15-9-5-8-14(10-15)13(3)19-21/h4-10,21H,1-3H3,(H,18,20)/b19-13-. The zero-order valence-electron chi connectivity index (χ0n) is 12.3. The summed E-state index contributed by atoms with van der Waals surface area (Å²) in [4.78, 5) is 12.4. The number of hydrogen-bond donors (Lipinski definition) is 2. The highest BCUT2D eigenvalue weighted by molar-refractivity contribution is 6.07. The zero-order valence-corrected chi connectivity index (χ0v) is 12.3. The number of aryl methyl sites for hydroxylation is 2. The van der Waals surface area contributed by atoms with Crippen LogP contribution in [0.5, 0.6) is 0 Å². The lowest BCUT2D eigenvalue weighted by Crippen LogP contribution is -2.15. The van der Waals surface area contributed by atoms with E-state index in [4.69, 9.17) is 5.21 Å². The van der Waals surface area contributed by atoms with Crippen molar-refractivity contribution in [2.75, 3.05) is 5.32 Å². The van der Waals surface area contributed by atoms with Gasteiger partial charge in [-0.15, -0.1) is 0 Å². The molecule has 108 valence electrons. The Morgan fingerprint density at radius 1 is 1.10 bits per heavy atom. The summed E-state index contributed by atoms with van der Waals surface area (Å²) in [6.07, 6.45) is 0. The first-order valence-electron chi connectivity index (χ1n) is 6.69. The number of rotatable bonds is 3. The fourth-order valence-electron chi connectivity index (χ4n) is 2.25. The van der Waals surface area contributed by atoms with Crippen molar-refractivity contribution in [3.05, 3.63) is 64.7 Å². The quantitative estimate of drug-likeness (QED) is 0.511. The fourth-order valence-corrected chi connectivity index (χ4v) is 2.25. The van der Waals surface area contributed by atoms with Crippen LogP contribution in [0.25, 0.3) is 0 Å². The molecule has 0 aliphatic heterocycles. The lowest BCUT2D eigenvalue weighted by Gasteiger charge is -2.11. The average Bonchev–Trinajstić information content (AvgIpc) is 2.46. The van der Waals surface area contributed by atoms with Crippen LogP contribution in [0, 0.1) is 13.8 Å². The Morgan fingerprint density at radius 3 is 2.33 bits per heavy atom. The molecule has 4 nitrogen and oxygen atoms in total. The Hall–Kier alpha value is -2.62.